The average Bonchev–Trinajstić information content (AvgIpc) is 3.09. The summed E-state index contributed by atoms with van der Waals surface area (Å²) < 4.78 is 0. The summed E-state index contributed by atoms with van der Waals surface area (Å²) in [5, 5.41) is 4.29. The third kappa shape index (κ3) is 3.19. The summed E-state index contributed by atoms with van der Waals surface area (Å²) in [6, 6.07) is 2.42. The van der Waals surface area contributed by atoms with Gasteiger partial charge in [0.05, 0.1) is 5.02 Å². The SMILES string of the molecule is CCNC(CCC1CC1)c1ccncc1Cl. The van der Waals surface area contributed by atoms with E-state index in [1.165, 1.54) is 31.2 Å². The molecule has 1 aromatic heterocycles. The number of nitrogens with zero attached hydrogens (tertiary/aromatic N) is 1. The molecule has 1 atom stereocenters. The summed E-state index contributed by atoms with van der Waals surface area (Å²) in [6.07, 6.45) is 8.89. The van der Waals surface area contributed by atoms with Gasteiger partial charge < -0.3 is 5.32 Å². The van der Waals surface area contributed by atoms with Crippen LogP contribution in [0.4, 0.5) is 0 Å². The summed E-state index contributed by atoms with van der Waals surface area (Å²) in [4.78, 5) is 4.04. The zero-order valence-corrected chi connectivity index (χ0v) is 10.5. The van der Waals surface area contributed by atoms with Crippen LogP contribution in [0.15, 0.2) is 18.5 Å². The molecule has 0 amide bonds. The van der Waals surface area contributed by atoms with Gasteiger partial charge in [0.15, 0.2) is 0 Å². The Morgan fingerprint density at radius 1 is 1.56 bits per heavy atom. The fourth-order valence-corrected chi connectivity index (χ4v) is 2.34. The van der Waals surface area contributed by atoms with Crippen molar-refractivity contribution in [2.75, 3.05) is 6.54 Å². The summed E-state index contributed by atoms with van der Waals surface area (Å²) in [5.74, 6) is 0.974. The molecule has 2 nitrogen and oxygen atoms in total. The van der Waals surface area contributed by atoms with Gasteiger partial charge in [-0.15, -0.1) is 0 Å². The number of hydrogen-bond donors (Lipinski definition) is 1. The van der Waals surface area contributed by atoms with Gasteiger partial charge in [-0.05, 0) is 36.9 Å². The van der Waals surface area contributed by atoms with Crippen LogP contribution in [0.25, 0.3) is 0 Å². The Balaban J connectivity index is 2.01. The van der Waals surface area contributed by atoms with Gasteiger partial charge in [-0.25, -0.2) is 0 Å². The second kappa shape index (κ2) is 5.65. The van der Waals surface area contributed by atoms with Crippen molar-refractivity contribution in [3.63, 3.8) is 0 Å². The van der Waals surface area contributed by atoms with Crippen LogP contribution in [-0.2, 0) is 0 Å². The van der Waals surface area contributed by atoms with Crippen LogP contribution in [0.5, 0.6) is 0 Å². The molecule has 1 unspecified atom stereocenters. The first-order chi connectivity index (χ1) is 7.81. The second-order valence-corrected chi connectivity index (χ2v) is 4.94. The topological polar surface area (TPSA) is 24.9 Å². The lowest BCUT2D eigenvalue weighted by molar-refractivity contribution is 0.481. The van der Waals surface area contributed by atoms with Crippen molar-refractivity contribution in [2.24, 2.45) is 5.92 Å². The van der Waals surface area contributed by atoms with E-state index < -0.39 is 0 Å². The Bertz CT molecular complexity index is 336. The smallest absolute Gasteiger partial charge is 0.0637 e. The van der Waals surface area contributed by atoms with Gasteiger partial charge in [-0.2, -0.15) is 0 Å². The van der Waals surface area contributed by atoms with E-state index in [4.69, 9.17) is 11.6 Å². The molecule has 0 radical (unpaired) electrons. The van der Waals surface area contributed by atoms with E-state index in [2.05, 4.69) is 17.2 Å². The minimum atomic E-state index is 0.390. The summed E-state index contributed by atoms with van der Waals surface area (Å²) in [7, 11) is 0. The molecule has 1 saturated carbocycles. The molecule has 0 saturated heterocycles. The predicted molar refractivity (Wildman–Crippen MR) is 67.6 cm³/mol. The van der Waals surface area contributed by atoms with Crippen molar-refractivity contribution in [3.8, 4) is 0 Å². The molecule has 1 heterocycles. The highest BCUT2D eigenvalue weighted by Crippen LogP contribution is 2.36. The lowest BCUT2D eigenvalue weighted by Gasteiger charge is -2.19. The molecule has 1 N–H and O–H groups in total. The molecule has 1 aliphatic carbocycles. The quantitative estimate of drug-likeness (QED) is 0.820. The van der Waals surface area contributed by atoms with E-state index in [-0.39, 0.29) is 0 Å². The van der Waals surface area contributed by atoms with Crippen LogP contribution >= 0.6 is 11.6 Å². The van der Waals surface area contributed by atoms with Crippen molar-refractivity contribution in [1.82, 2.24) is 10.3 Å². The third-order valence-electron chi connectivity index (χ3n) is 3.19. The molecule has 88 valence electrons. The Hall–Kier alpha value is -0.600. The zero-order valence-electron chi connectivity index (χ0n) is 9.75. The maximum Gasteiger partial charge on any atom is 0.0637 e. The maximum absolute atomic E-state index is 6.18. The highest BCUT2D eigenvalue weighted by Gasteiger charge is 2.23. The van der Waals surface area contributed by atoms with Crippen LogP contribution < -0.4 is 5.32 Å². The number of pyridine rings is 1. The summed E-state index contributed by atoms with van der Waals surface area (Å²) in [6.45, 7) is 3.12. The van der Waals surface area contributed by atoms with Crippen LogP contribution in [0.2, 0.25) is 5.02 Å². The Labute approximate surface area is 102 Å². The second-order valence-electron chi connectivity index (χ2n) is 4.53. The summed E-state index contributed by atoms with van der Waals surface area (Å²) in [5.41, 5.74) is 1.19. The standard InChI is InChI=1S/C13H19ClN2/c1-2-16-13(6-5-10-3-4-10)11-7-8-15-9-12(11)14/h7-10,13,16H,2-6H2,1H3. The monoisotopic (exact) mass is 238 g/mol. The van der Waals surface area contributed by atoms with Gasteiger partial charge in [0.1, 0.15) is 0 Å². The Morgan fingerprint density at radius 2 is 2.38 bits per heavy atom. The van der Waals surface area contributed by atoms with Gasteiger partial charge in [-0.1, -0.05) is 31.4 Å². The highest BCUT2D eigenvalue weighted by atomic mass is 35.5. The normalized spacial score (nSPS) is 17.4. The number of hydrogen-bond acceptors (Lipinski definition) is 2. The molecule has 2 rings (SSSR count). The molecular weight excluding hydrogens is 220 g/mol. The minimum absolute atomic E-state index is 0.390. The maximum atomic E-state index is 6.18. The van der Waals surface area contributed by atoms with Crippen molar-refractivity contribution < 1.29 is 0 Å². The van der Waals surface area contributed by atoms with Crippen LogP contribution in [0.3, 0.4) is 0 Å². The first-order valence-corrected chi connectivity index (χ1v) is 6.52. The van der Waals surface area contributed by atoms with Crippen molar-refractivity contribution in [1.29, 1.82) is 0 Å². The van der Waals surface area contributed by atoms with Crippen molar-refractivity contribution >= 4 is 11.6 Å². The van der Waals surface area contributed by atoms with Crippen molar-refractivity contribution in [2.45, 2.75) is 38.6 Å². The van der Waals surface area contributed by atoms with E-state index in [1.54, 1.807) is 6.20 Å². The average molecular weight is 239 g/mol. The van der Waals surface area contributed by atoms with E-state index in [9.17, 15) is 0 Å². The molecule has 0 aliphatic heterocycles. The van der Waals surface area contributed by atoms with E-state index in [0.29, 0.717) is 6.04 Å². The van der Waals surface area contributed by atoms with Gasteiger partial charge in [0.2, 0.25) is 0 Å². The lowest BCUT2D eigenvalue weighted by atomic mass is 10.0. The first kappa shape index (κ1) is 11.9. The number of nitrogens with one attached hydrogen (secondary N) is 1. The molecular formula is C13H19ClN2. The molecule has 0 bridgehead atoms. The summed E-state index contributed by atoms with van der Waals surface area (Å²) >= 11 is 6.18. The van der Waals surface area contributed by atoms with Crippen molar-refractivity contribution in [3.05, 3.63) is 29.0 Å². The van der Waals surface area contributed by atoms with Gasteiger partial charge in [0, 0.05) is 18.4 Å². The van der Waals surface area contributed by atoms with E-state index in [0.717, 1.165) is 17.5 Å². The van der Waals surface area contributed by atoms with Gasteiger partial charge in [0.25, 0.3) is 0 Å². The molecule has 1 fully saturated rings. The van der Waals surface area contributed by atoms with Crippen LogP contribution in [0.1, 0.15) is 44.2 Å². The highest BCUT2D eigenvalue weighted by molar-refractivity contribution is 6.31. The molecule has 0 aromatic carbocycles. The first-order valence-electron chi connectivity index (χ1n) is 6.14. The van der Waals surface area contributed by atoms with Gasteiger partial charge >= 0.3 is 0 Å². The molecule has 16 heavy (non-hydrogen) atoms. The number of rotatable bonds is 6. The number of halogens is 1. The minimum Gasteiger partial charge on any atom is -0.310 e. The third-order valence-corrected chi connectivity index (χ3v) is 3.51. The largest absolute Gasteiger partial charge is 0.310 e. The zero-order chi connectivity index (χ0) is 11.4. The Morgan fingerprint density at radius 3 is 3.00 bits per heavy atom. The molecule has 0 spiro atoms. The van der Waals surface area contributed by atoms with Gasteiger partial charge in [-0.3, -0.25) is 4.98 Å². The van der Waals surface area contributed by atoms with E-state index >= 15 is 0 Å². The van der Waals surface area contributed by atoms with E-state index in [1.807, 2.05) is 12.3 Å². The fraction of sp³-hybridized carbons (Fsp3) is 0.615. The fourth-order valence-electron chi connectivity index (χ4n) is 2.09. The molecule has 1 aromatic rings. The number of aromatic nitrogens is 1. The van der Waals surface area contributed by atoms with Crippen LogP contribution in [-0.4, -0.2) is 11.5 Å². The predicted octanol–water partition coefficient (Wildman–Crippen LogP) is 3.58. The van der Waals surface area contributed by atoms with Crippen LogP contribution in [0, 0.1) is 5.92 Å². The molecule has 3 heteroatoms. The molecule has 1 aliphatic rings. The lowest BCUT2D eigenvalue weighted by Crippen LogP contribution is -2.21. The Kier molecular flexibility index (Phi) is 4.19.